The number of hydrogen-bond acceptors (Lipinski definition) is 4. The topological polar surface area (TPSA) is 56.8 Å². The number of amides is 1. The number of cyclic esters (lactones) is 1. The van der Waals surface area contributed by atoms with Gasteiger partial charge in [0.1, 0.15) is 6.61 Å². The van der Waals surface area contributed by atoms with E-state index in [-0.39, 0.29) is 18.4 Å². The van der Waals surface area contributed by atoms with Gasteiger partial charge in [0, 0.05) is 6.61 Å². The minimum Gasteiger partial charge on any atom is -0.447 e. The molecule has 0 aromatic heterocycles. The quantitative estimate of drug-likeness (QED) is 0.728. The molecule has 2 aliphatic rings. The normalized spacial score (nSPS) is 32.4. The van der Waals surface area contributed by atoms with Crippen LogP contribution in [0.5, 0.6) is 0 Å². The molecule has 0 radical (unpaired) electrons. The summed E-state index contributed by atoms with van der Waals surface area (Å²) in [5, 5.41) is 2.65. The van der Waals surface area contributed by atoms with Crippen LogP contribution in [0.1, 0.15) is 19.3 Å². The summed E-state index contributed by atoms with van der Waals surface area (Å²) in [5.41, 5.74) is 0. The van der Waals surface area contributed by atoms with Gasteiger partial charge in [-0.05, 0) is 19.3 Å². The summed E-state index contributed by atoms with van der Waals surface area (Å²) in [6.07, 6.45) is 2.76. The predicted octanol–water partition coefficient (Wildman–Crippen LogP) is 0.638. The molecule has 1 amide bonds. The van der Waals surface area contributed by atoms with Crippen LogP contribution < -0.4 is 5.32 Å². The Balaban J connectivity index is 1.63. The lowest BCUT2D eigenvalue weighted by Crippen LogP contribution is -2.34. The Labute approximate surface area is 82.7 Å². The van der Waals surface area contributed by atoms with E-state index in [0.29, 0.717) is 13.2 Å². The fourth-order valence-electron chi connectivity index (χ4n) is 1.58. The second-order valence-electron chi connectivity index (χ2n) is 3.57. The van der Waals surface area contributed by atoms with E-state index in [1.165, 1.54) is 0 Å². The van der Waals surface area contributed by atoms with Gasteiger partial charge in [-0.3, -0.25) is 0 Å². The van der Waals surface area contributed by atoms with Gasteiger partial charge in [-0.1, -0.05) is 0 Å². The molecule has 0 aliphatic carbocycles. The molecule has 2 rings (SSSR count). The maximum Gasteiger partial charge on any atom is 0.407 e. The molecular weight excluding hydrogens is 186 g/mol. The molecule has 2 aliphatic heterocycles. The van der Waals surface area contributed by atoms with Crippen LogP contribution in [-0.2, 0) is 14.2 Å². The molecule has 2 heterocycles. The van der Waals surface area contributed by atoms with Crippen molar-refractivity contribution < 1.29 is 19.0 Å². The minimum atomic E-state index is -0.358. The molecule has 2 saturated heterocycles. The molecule has 0 spiro atoms. The van der Waals surface area contributed by atoms with E-state index in [1.54, 1.807) is 0 Å². The van der Waals surface area contributed by atoms with E-state index in [0.717, 1.165) is 25.9 Å². The first-order chi connectivity index (χ1) is 6.84. The highest BCUT2D eigenvalue weighted by atomic mass is 16.7. The molecular formula is C9H15NO4. The van der Waals surface area contributed by atoms with Crippen molar-refractivity contribution in [1.29, 1.82) is 0 Å². The second-order valence-corrected chi connectivity index (χ2v) is 3.57. The molecule has 5 heteroatoms. The fraction of sp³-hybridized carbons (Fsp3) is 0.889. The lowest BCUT2D eigenvalue weighted by molar-refractivity contribution is -0.165. The first-order valence-electron chi connectivity index (χ1n) is 5.01. The number of nitrogens with one attached hydrogen (secondary N) is 1. The van der Waals surface area contributed by atoms with Crippen LogP contribution in [0.15, 0.2) is 0 Å². The van der Waals surface area contributed by atoms with Gasteiger partial charge in [0.25, 0.3) is 0 Å². The molecule has 14 heavy (non-hydrogen) atoms. The number of ether oxygens (including phenoxy) is 3. The second kappa shape index (κ2) is 4.61. The van der Waals surface area contributed by atoms with Crippen molar-refractivity contribution in [2.75, 3.05) is 19.8 Å². The average molecular weight is 201 g/mol. The van der Waals surface area contributed by atoms with Crippen molar-refractivity contribution >= 4 is 6.09 Å². The van der Waals surface area contributed by atoms with Crippen LogP contribution in [-0.4, -0.2) is 38.2 Å². The van der Waals surface area contributed by atoms with E-state index in [9.17, 15) is 4.79 Å². The Kier molecular flexibility index (Phi) is 3.21. The van der Waals surface area contributed by atoms with E-state index >= 15 is 0 Å². The van der Waals surface area contributed by atoms with Gasteiger partial charge in [-0.2, -0.15) is 0 Å². The van der Waals surface area contributed by atoms with Gasteiger partial charge in [0.15, 0.2) is 6.29 Å². The van der Waals surface area contributed by atoms with Crippen LogP contribution in [0.25, 0.3) is 0 Å². The number of carbonyl (C=O) groups excluding carboxylic acids is 1. The highest BCUT2D eigenvalue weighted by Crippen LogP contribution is 2.14. The predicted molar refractivity (Wildman–Crippen MR) is 47.8 cm³/mol. The van der Waals surface area contributed by atoms with Crippen molar-refractivity contribution in [1.82, 2.24) is 5.32 Å². The summed E-state index contributed by atoms with van der Waals surface area (Å²) in [6, 6.07) is -0.0203. The summed E-state index contributed by atoms with van der Waals surface area (Å²) in [7, 11) is 0. The number of alkyl carbamates (subject to hydrolysis) is 1. The third-order valence-corrected chi connectivity index (χ3v) is 2.36. The van der Waals surface area contributed by atoms with Crippen LogP contribution >= 0.6 is 0 Å². The Hall–Kier alpha value is -0.810. The Morgan fingerprint density at radius 2 is 2.43 bits per heavy atom. The molecule has 5 nitrogen and oxygen atoms in total. The maximum atomic E-state index is 10.7. The van der Waals surface area contributed by atoms with Gasteiger partial charge in [0.2, 0.25) is 0 Å². The standard InChI is InChI=1S/C9H15NO4/c11-9-10-7(6-14-9)5-13-8-3-1-2-4-12-8/h7-8H,1-6H2,(H,10,11)/t7-,8-/m0/s1. The van der Waals surface area contributed by atoms with Gasteiger partial charge in [0.05, 0.1) is 12.6 Å². The molecule has 0 saturated carbocycles. The van der Waals surface area contributed by atoms with Crippen LogP contribution in [0.2, 0.25) is 0 Å². The largest absolute Gasteiger partial charge is 0.447 e. The smallest absolute Gasteiger partial charge is 0.407 e. The molecule has 2 fully saturated rings. The van der Waals surface area contributed by atoms with E-state index in [1.807, 2.05) is 0 Å². The van der Waals surface area contributed by atoms with Crippen LogP contribution in [0, 0.1) is 0 Å². The highest BCUT2D eigenvalue weighted by Gasteiger charge is 2.24. The fourth-order valence-corrected chi connectivity index (χ4v) is 1.58. The molecule has 0 aromatic carbocycles. The molecule has 0 unspecified atom stereocenters. The molecule has 0 aromatic rings. The average Bonchev–Trinajstić information content (AvgIpc) is 2.63. The summed E-state index contributed by atoms with van der Waals surface area (Å²) in [4.78, 5) is 10.7. The summed E-state index contributed by atoms with van der Waals surface area (Å²) in [5.74, 6) is 0. The first kappa shape index (κ1) is 9.73. The summed E-state index contributed by atoms with van der Waals surface area (Å²) >= 11 is 0. The number of hydrogen-bond donors (Lipinski definition) is 1. The van der Waals surface area contributed by atoms with Gasteiger partial charge < -0.3 is 19.5 Å². The monoisotopic (exact) mass is 201 g/mol. The minimum absolute atomic E-state index is 0.0203. The van der Waals surface area contributed by atoms with Crippen molar-refractivity contribution in [3.63, 3.8) is 0 Å². The zero-order chi connectivity index (χ0) is 9.80. The van der Waals surface area contributed by atoms with Crippen molar-refractivity contribution in [3.8, 4) is 0 Å². The Morgan fingerprint density at radius 1 is 1.50 bits per heavy atom. The molecule has 80 valence electrons. The lowest BCUT2D eigenvalue weighted by atomic mass is 10.2. The van der Waals surface area contributed by atoms with Gasteiger partial charge in [-0.25, -0.2) is 4.79 Å². The van der Waals surface area contributed by atoms with Crippen LogP contribution in [0.4, 0.5) is 4.79 Å². The third kappa shape index (κ3) is 2.59. The zero-order valence-electron chi connectivity index (χ0n) is 8.03. The maximum absolute atomic E-state index is 10.7. The summed E-state index contributed by atoms with van der Waals surface area (Å²) < 4.78 is 15.6. The van der Waals surface area contributed by atoms with E-state index in [4.69, 9.17) is 14.2 Å². The van der Waals surface area contributed by atoms with Gasteiger partial charge in [-0.15, -0.1) is 0 Å². The molecule has 1 N–H and O–H groups in total. The zero-order valence-corrected chi connectivity index (χ0v) is 8.03. The molecule has 2 atom stereocenters. The number of carbonyl (C=O) groups is 1. The van der Waals surface area contributed by atoms with Crippen LogP contribution in [0.3, 0.4) is 0 Å². The Morgan fingerprint density at radius 3 is 3.07 bits per heavy atom. The summed E-state index contributed by atoms with van der Waals surface area (Å²) in [6.45, 7) is 1.64. The van der Waals surface area contributed by atoms with E-state index < -0.39 is 0 Å². The van der Waals surface area contributed by atoms with Crippen molar-refractivity contribution in [2.24, 2.45) is 0 Å². The SMILES string of the molecule is O=C1N[C@@H](CO[C@H]2CCCCO2)CO1. The number of rotatable bonds is 3. The first-order valence-corrected chi connectivity index (χ1v) is 5.01. The van der Waals surface area contributed by atoms with Crippen molar-refractivity contribution in [3.05, 3.63) is 0 Å². The highest BCUT2D eigenvalue weighted by molar-refractivity contribution is 5.69. The lowest BCUT2D eigenvalue weighted by Gasteiger charge is -2.23. The van der Waals surface area contributed by atoms with Crippen molar-refractivity contribution in [2.45, 2.75) is 31.6 Å². The van der Waals surface area contributed by atoms with E-state index in [2.05, 4.69) is 5.32 Å². The molecule has 0 bridgehead atoms. The van der Waals surface area contributed by atoms with Gasteiger partial charge >= 0.3 is 6.09 Å². The Bertz CT molecular complexity index is 203. The third-order valence-electron chi connectivity index (χ3n) is 2.36.